The van der Waals surface area contributed by atoms with E-state index in [0.29, 0.717) is 23.0 Å². The molecule has 4 rings (SSSR count). The Balaban J connectivity index is 1.59. The molecule has 0 aliphatic rings. The first-order chi connectivity index (χ1) is 12.6. The molecule has 0 fully saturated rings. The molecule has 1 aromatic carbocycles. The minimum Gasteiger partial charge on any atom is -0.449 e. The summed E-state index contributed by atoms with van der Waals surface area (Å²) >= 11 is 6.15. The van der Waals surface area contributed by atoms with Gasteiger partial charge in [-0.2, -0.15) is 5.10 Å². The van der Waals surface area contributed by atoms with Gasteiger partial charge in [-0.25, -0.2) is 9.67 Å². The zero-order valence-corrected chi connectivity index (χ0v) is 14.7. The normalized spacial score (nSPS) is 11.0. The van der Waals surface area contributed by atoms with Gasteiger partial charge in [0, 0.05) is 41.6 Å². The number of carbonyl (C=O) groups excluding carboxylic acids is 1. The number of hydrogen-bond donors (Lipinski definition) is 1. The van der Waals surface area contributed by atoms with E-state index >= 15 is 0 Å². The average molecular weight is 367 g/mol. The molecule has 26 heavy (non-hydrogen) atoms. The molecule has 1 N–H and O–H groups in total. The number of pyridine rings is 1. The molecule has 0 unspecified atom stereocenters. The second kappa shape index (κ2) is 6.65. The van der Waals surface area contributed by atoms with Gasteiger partial charge in [-0.05, 0) is 25.1 Å². The van der Waals surface area contributed by atoms with E-state index in [1.54, 1.807) is 29.3 Å². The fourth-order valence-corrected chi connectivity index (χ4v) is 3.06. The van der Waals surface area contributed by atoms with Crippen molar-refractivity contribution in [3.63, 3.8) is 0 Å². The summed E-state index contributed by atoms with van der Waals surface area (Å²) in [5.74, 6) is 0.629. The zero-order valence-electron chi connectivity index (χ0n) is 13.9. The molecule has 130 valence electrons. The number of fused-ring (bicyclic) bond motifs is 1. The molecule has 0 aliphatic heterocycles. The van der Waals surface area contributed by atoms with Crippen molar-refractivity contribution in [3.05, 3.63) is 76.9 Å². The lowest BCUT2D eigenvalue weighted by Gasteiger charge is -2.09. The lowest BCUT2D eigenvalue weighted by Crippen LogP contribution is -2.24. The van der Waals surface area contributed by atoms with Crippen molar-refractivity contribution in [3.8, 4) is 5.82 Å². The molecule has 0 spiro atoms. The van der Waals surface area contributed by atoms with Crippen LogP contribution in [0.15, 0.2) is 59.4 Å². The van der Waals surface area contributed by atoms with Gasteiger partial charge in [0.2, 0.25) is 0 Å². The summed E-state index contributed by atoms with van der Waals surface area (Å²) in [6.45, 7) is 2.14. The molecule has 3 heterocycles. The Hall–Kier alpha value is -3.12. The molecule has 6 nitrogen and oxygen atoms in total. The number of nitrogens with zero attached hydrogens (tertiary/aromatic N) is 3. The van der Waals surface area contributed by atoms with E-state index in [-0.39, 0.29) is 11.7 Å². The van der Waals surface area contributed by atoms with E-state index < -0.39 is 0 Å². The largest absolute Gasteiger partial charge is 0.449 e. The number of rotatable bonds is 4. The Bertz CT molecular complexity index is 1090. The first kappa shape index (κ1) is 16.4. The Morgan fingerprint density at radius 1 is 1.23 bits per heavy atom. The van der Waals surface area contributed by atoms with Gasteiger partial charge in [-0.15, -0.1) is 0 Å². The summed E-state index contributed by atoms with van der Waals surface area (Å²) in [7, 11) is 0. The van der Waals surface area contributed by atoms with Crippen molar-refractivity contribution in [2.24, 2.45) is 0 Å². The number of aromatic nitrogens is 3. The maximum Gasteiger partial charge on any atom is 0.287 e. The molecule has 4 aromatic rings. The monoisotopic (exact) mass is 366 g/mol. The fourth-order valence-electron chi connectivity index (χ4n) is 2.85. The molecule has 0 aliphatic carbocycles. The fraction of sp³-hybridized carbons (Fsp3) is 0.105. The molecular weight excluding hydrogens is 352 g/mol. The van der Waals surface area contributed by atoms with Crippen LogP contribution in [-0.2, 0) is 6.54 Å². The Kier molecular flexibility index (Phi) is 4.18. The van der Waals surface area contributed by atoms with Crippen LogP contribution in [0.1, 0.15) is 21.7 Å². The lowest BCUT2D eigenvalue weighted by atomic mass is 10.1. The van der Waals surface area contributed by atoms with E-state index in [0.717, 1.165) is 16.5 Å². The van der Waals surface area contributed by atoms with Gasteiger partial charge in [0.05, 0.1) is 5.02 Å². The molecule has 1 amide bonds. The zero-order chi connectivity index (χ0) is 18.1. The van der Waals surface area contributed by atoms with Crippen LogP contribution in [0.2, 0.25) is 5.02 Å². The number of aryl methyl sites for hydroxylation is 1. The van der Waals surface area contributed by atoms with Gasteiger partial charge in [0.15, 0.2) is 17.2 Å². The first-order valence-corrected chi connectivity index (χ1v) is 8.42. The molecule has 0 atom stereocenters. The van der Waals surface area contributed by atoms with Crippen LogP contribution in [0.5, 0.6) is 0 Å². The number of halogens is 1. The predicted octanol–water partition coefficient (Wildman–Crippen LogP) is 3.91. The third-order valence-corrected chi connectivity index (χ3v) is 4.45. The number of hydrogen-bond acceptors (Lipinski definition) is 4. The van der Waals surface area contributed by atoms with Gasteiger partial charge in [-0.3, -0.25) is 4.79 Å². The molecule has 0 saturated carbocycles. The second-order valence-corrected chi connectivity index (χ2v) is 6.20. The highest BCUT2D eigenvalue weighted by atomic mass is 35.5. The smallest absolute Gasteiger partial charge is 0.287 e. The van der Waals surface area contributed by atoms with Crippen molar-refractivity contribution in [2.75, 3.05) is 0 Å². The SMILES string of the molecule is Cc1c(C(=O)NCc2cccnc2-n2cccn2)oc2c(Cl)cccc12. The van der Waals surface area contributed by atoms with E-state index in [4.69, 9.17) is 16.0 Å². The van der Waals surface area contributed by atoms with E-state index in [1.807, 2.05) is 37.3 Å². The van der Waals surface area contributed by atoms with Gasteiger partial charge in [-0.1, -0.05) is 29.8 Å². The second-order valence-electron chi connectivity index (χ2n) is 5.79. The van der Waals surface area contributed by atoms with Crippen LogP contribution in [-0.4, -0.2) is 20.7 Å². The third-order valence-electron chi connectivity index (χ3n) is 4.15. The maximum atomic E-state index is 12.6. The summed E-state index contributed by atoms with van der Waals surface area (Å²) in [5.41, 5.74) is 2.13. The van der Waals surface area contributed by atoms with Gasteiger partial charge in [0.1, 0.15) is 0 Å². The summed E-state index contributed by atoms with van der Waals surface area (Å²) in [6, 6.07) is 11.0. The van der Waals surface area contributed by atoms with Crippen LogP contribution in [0.25, 0.3) is 16.8 Å². The highest BCUT2D eigenvalue weighted by Gasteiger charge is 2.19. The van der Waals surface area contributed by atoms with Crippen molar-refractivity contribution in [1.82, 2.24) is 20.1 Å². The van der Waals surface area contributed by atoms with Crippen molar-refractivity contribution in [1.29, 1.82) is 0 Å². The highest BCUT2D eigenvalue weighted by Crippen LogP contribution is 2.30. The molecule has 3 aromatic heterocycles. The number of amides is 1. The number of carbonyl (C=O) groups is 1. The topological polar surface area (TPSA) is 73.0 Å². The Morgan fingerprint density at radius 2 is 2.12 bits per heavy atom. The lowest BCUT2D eigenvalue weighted by molar-refractivity contribution is 0.0924. The van der Waals surface area contributed by atoms with Crippen LogP contribution in [0, 0.1) is 6.92 Å². The number of benzene rings is 1. The Labute approximate surface area is 154 Å². The van der Waals surface area contributed by atoms with Crippen molar-refractivity contribution < 1.29 is 9.21 Å². The van der Waals surface area contributed by atoms with Gasteiger partial charge >= 0.3 is 0 Å². The molecule has 0 radical (unpaired) electrons. The van der Waals surface area contributed by atoms with Gasteiger partial charge in [0.25, 0.3) is 5.91 Å². The summed E-state index contributed by atoms with van der Waals surface area (Å²) < 4.78 is 7.37. The highest BCUT2D eigenvalue weighted by molar-refractivity contribution is 6.35. The van der Waals surface area contributed by atoms with E-state index in [1.165, 1.54) is 0 Å². The minimum absolute atomic E-state index is 0.262. The molecule has 0 bridgehead atoms. The minimum atomic E-state index is -0.301. The van der Waals surface area contributed by atoms with Crippen molar-refractivity contribution in [2.45, 2.75) is 13.5 Å². The Morgan fingerprint density at radius 3 is 2.88 bits per heavy atom. The summed E-state index contributed by atoms with van der Waals surface area (Å²) in [4.78, 5) is 17.0. The number of nitrogens with one attached hydrogen (secondary N) is 1. The maximum absolute atomic E-state index is 12.6. The predicted molar refractivity (Wildman–Crippen MR) is 98.5 cm³/mol. The van der Waals surface area contributed by atoms with E-state index in [2.05, 4.69) is 15.4 Å². The number of furan rings is 1. The summed E-state index contributed by atoms with van der Waals surface area (Å²) in [6.07, 6.45) is 5.17. The summed E-state index contributed by atoms with van der Waals surface area (Å²) in [5, 5.41) is 8.39. The number of para-hydroxylation sites is 1. The van der Waals surface area contributed by atoms with Gasteiger partial charge < -0.3 is 9.73 Å². The van der Waals surface area contributed by atoms with E-state index in [9.17, 15) is 4.79 Å². The standard InChI is InChI=1S/C19H15ClN4O2/c1-12-14-6-2-7-15(20)17(14)26-16(12)19(25)22-11-13-5-3-8-21-18(13)24-10-4-9-23-24/h2-10H,11H2,1H3,(H,22,25). The van der Waals surface area contributed by atoms with Crippen molar-refractivity contribution >= 4 is 28.5 Å². The average Bonchev–Trinajstić information content (AvgIpc) is 3.30. The van der Waals surface area contributed by atoms with Crippen LogP contribution >= 0.6 is 11.6 Å². The first-order valence-electron chi connectivity index (χ1n) is 8.05. The van der Waals surface area contributed by atoms with Crippen LogP contribution < -0.4 is 5.32 Å². The molecule has 0 saturated heterocycles. The molecule has 7 heteroatoms. The van der Waals surface area contributed by atoms with Crippen LogP contribution in [0.3, 0.4) is 0 Å². The van der Waals surface area contributed by atoms with Crippen LogP contribution in [0.4, 0.5) is 0 Å². The molecular formula is C19H15ClN4O2. The third kappa shape index (κ3) is 2.84. The quantitative estimate of drug-likeness (QED) is 0.594.